The molecule has 0 bridgehead atoms. The summed E-state index contributed by atoms with van der Waals surface area (Å²) in [4.78, 5) is 15.7. The molecule has 142 valence electrons. The van der Waals surface area contributed by atoms with Crippen molar-refractivity contribution in [2.45, 2.75) is 19.8 Å². The van der Waals surface area contributed by atoms with Gasteiger partial charge < -0.3 is 20.8 Å². The quantitative estimate of drug-likeness (QED) is 0.423. The number of nitrogens with zero attached hydrogens (tertiary/aromatic N) is 3. The maximum absolute atomic E-state index is 5.94. The van der Waals surface area contributed by atoms with Crippen LogP contribution in [0.3, 0.4) is 0 Å². The fourth-order valence-corrected chi connectivity index (χ4v) is 3.01. The highest BCUT2D eigenvalue weighted by Gasteiger charge is 2.09. The first-order chi connectivity index (χ1) is 13.7. The number of aryl methyl sites for hydroxylation is 2. The molecule has 0 amide bonds. The fourth-order valence-electron chi connectivity index (χ4n) is 3.01. The molecule has 0 saturated heterocycles. The van der Waals surface area contributed by atoms with E-state index in [2.05, 4.69) is 49.5 Å². The molecular weight excluding hydrogens is 352 g/mol. The Morgan fingerprint density at radius 1 is 1.11 bits per heavy atom. The summed E-state index contributed by atoms with van der Waals surface area (Å²) in [6.07, 6.45) is 3.53. The Morgan fingerprint density at radius 3 is 2.79 bits per heavy atom. The monoisotopic (exact) mass is 374 g/mol. The first-order valence-electron chi connectivity index (χ1n) is 9.20. The second-order valence-electron chi connectivity index (χ2n) is 6.57. The van der Waals surface area contributed by atoms with Gasteiger partial charge >= 0.3 is 0 Å². The zero-order valence-electron chi connectivity index (χ0n) is 15.6. The molecule has 4 N–H and O–H groups in total. The standard InChI is InChI=1S/C21H22N6O/c1-14-12-16(28-11-5-8-15-6-3-2-4-7-15)9-10-17(14)25-21-26-19(22)18-20(27-21)24-13-23-18/h2-4,6-7,9-10,12-13H,5,8,11H2,1H3,(H4,22,23,24,25,26,27). The van der Waals surface area contributed by atoms with Gasteiger partial charge in [-0.2, -0.15) is 9.97 Å². The van der Waals surface area contributed by atoms with Gasteiger partial charge in [0.25, 0.3) is 0 Å². The number of aromatic nitrogens is 4. The molecule has 7 nitrogen and oxygen atoms in total. The molecule has 0 radical (unpaired) electrons. The lowest BCUT2D eigenvalue weighted by atomic mass is 10.1. The van der Waals surface area contributed by atoms with E-state index in [9.17, 15) is 0 Å². The third-order valence-corrected chi connectivity index (χ3v) is 4.48. The van der Waals surface area contributed by atoms with Gasteiger partial charge in [-0.3, -0.25) is 0 Å². The number of aromatic amines is 1. The van der Waals surface area contributed by atoms with Crippen LogP contribution in [-0.2, 0) is 6.42 Å². The van der Waals surface area contributed by atoms with Gasteiger partial charge in [-0.25, -0.2) is 4.98 Å². The molecule has 7 heteroatoms. The summed E-state index contributed by atoms with van der Waals surface area (Å²) in [6.45, 7) is 2.69. The van der Waals surface area contributed by atoms with Crippen LogP contribution in [0.2, 0.25) is 0 Å². The third kappa shape index (κ3) is 4.03. The minimum atomic E-state index is 0.362. The Kier molecular flexibility index (Phi) is 5.05. The molecule has 2 heterocycles. The predicted molar refractivity (Wildman–Crippen MR) is 111 cm³/mol. The van der Waals surface area contributed by atoms with E-state index in [-0.39, 0.29) is 0 Å². The molecule has 2 aromatic carbocycles. The van der Waals surface area contributed by atoms with Crippen molar-refractivity contribution in [1.82, 2.24) is 19.9 Å². The number of anilines is 3. The number of nitrogens with two attached hydrogens (primary N) is 1. The number of imidazole rings is 1. The van der Waals surface area contributed by atoms with Crippen LogP contribution in [0.1, 0.15) is 17.5 Å². The molecule has 0 atom stereocenters. The summed E-state index contributed by atoms with van der Waals surface area (Å²) in [5.41, 5.74) is 10.4. The minimum Gasteiger partial charge on any atom is -0.494 e. The van der Waals surface area contributed by atoms with Crippen LogP contribution in [0.4, 0.5) is 17.5 Å². The molecule has 0 aliphatic carbocycles. The number of nitrogen functional groups attached to an aromatic ring is 1. The molecule has 0 aliphatic rings. The van der Waals surface area contributed by atoms with Gasteiger partial charge in [-0.05, 0) is 49.1 Å². The van der Waals surface area contributed by atoms with E-state index in [1.54, 1.807) is 6.33 Å². The van der Waals surface area contributed by atoms with Gasteiger partial charge in [-0.1, -0.05) is 30.3 Å². The molecule has 0 aliphatic heterocycles. The van der Waals surface area contributed by atoms with E-state index < -0.39 is 0 Å². The van der Waals surface area contributed by atoms with Crippen molar-refractivity contribution < 1.29 is 4.74 Å². The van der Waals surface area contributed by atoms with Crippen molar-refractivity contribution in [3.8, 4) is 5.75 Å². The zero-order valence-corrected chi connectivity index (χ0v) is 15.6. The van der Waals surface area contributed by atoms with Crippen LogP contribution < -0.4 is 15.8 Å². The minimum absolute atomic E-state index is 0.362. The highest BCUT2D eigenvalue weighted by atomic mass is 16.5. The van der Waals surface area contributed by atoms with Crippen LogP contribution in [0, 0.1) is 6.92 Å². The largest absolute Gasteiger partial charge is 0.494 e. The van der Waals surface area contributed by atoms with E-state index in [4.69, 9.17) is 10.5 Å². The average molecular weight is 374 g/mol. The maximum Gasteiger partial charge on any atom is 0.231 e. The summed E-state index contributed by atoms with van der Waals surface area (Å²) < 4.78 is 5.89. The maximum atomic E-state index is 5.94. The number of H-pyrrole nitrogens is 1. The highest BCUT2D eigenvalue weighted by molar-refractivity contribution is 5.82. The lowest BCUT2D eigenvalue weighted by Gasteiger charge is -2.11. The highest BCUT2D eigenvalue weighted by Crippen LogP contribution is 2.25. The van der Waals surface area contributed by atoms with Crippen molar-refractivity contribution in [2.24, 2.45) is 0 Å². The van der Waals surface area contributed by atoms with E-state index in [1.165, 1.54) is 5.56 Å². The van der Waals surface area contributed by atoms with Crippen LogP contribution in [0.25, 0.3) is 11.2 Å². The van der Waals surface area contributed by atoms with E-state index in [1.807, 2.05) is 31.2 Å². The molecule has 4 rings (SSSR count). The van der Waals surface area contributed by atoms with Crippen molar-refractivity contribution >= 4 is 28.6 Å². The second kappa shape index (κ2) is 7.96. The van der Waals surface area contributed by atoms with Gasteiger partial charge in [0.05, 0.1) is 12.9 Å². The van der Waals surface area contributed by atoms with E-state index >= 15 is 0 Å². The van der Waals surface area contributed by atoms with E-state index in [0.717, 1.165) is 29.8 Å². The van der Waals surface area contributed by atoms with Crippen molar-refractivity contribution in [3.05, 3.63) is 66.0 Å². The molecule has 2 aromatic heterocycles. The van der Waals surface area contributed by atoms with Crippen molar-refractivity contribution in [1.29, 1.82) is 0 Å². The number of hydrogen-bond acceptors (Lipinski definition) is 6. The SMILES string of the molecule is Cc1cc(OCCCc2ccccc2)ccc1Nc1nc(N)c2[nH]cnc2n1. The molecule has 0 fully saturated rings. The molecular formula is C21H22N6O. The molecule has 0 saturated carbocycles. The smallest absolute Gasteiger partial charge is 0.231 e. The molecule has 0 spiro atoms. The number of nitrogens with one attached hydrogen (secondary N) is 2. The van der Waals surface area contributed by atoms with Gasteiger partial charge in [0.15, 0.2) is 11.5 Å². The summed E-state index contributed by atoms with van der Waals surface area (Å²) in [6, 6.07) is 16.3. The fraction of sp³-hybridized carbons (Fsp3) is 0.190. The van der Waals surface area contributed by atoms with Gasteiger partial charge in [0, 0.05) is 5.69 Å². The van der Waals surface area contributed by atoms with Crippen LogP contribution in [0.5, 0.6) is 5.75 Å². The molecule has 4 aromatic rings. The number of hydrogen-bond donors (Lipinski definition) is 3. The first-order valence-corrected chi connectivity index (χ1v) is 9.20. The lowest BCUT2D eigenvalue weighted by Crippen LogP contribution is -2.03. The molecule has 0 unspecified atom stereocenters. The zero-order chi connectivity index (χ0) is 19.3. The van der Waals surface area contributed by atoms with Gasteiger partial charge in [0.2, 0.25) is 5.95 Å². The van der Waals surface area contributed by atoms with Crippen molar-refractivity contribution in [3.63, 3.8) is 0 Å². The Bertz CT molecular complexity index is 1080. The van der Waals surface area contributed by atoms with Gasteiger partial charge in [-0.15, -0.1) is 0 Å². The first kappa shape index (κ1) is 17.8. The van der Waals surface area contributed by atoms with Crippen LogP contribution >= 0.6 is 0 Å². The summed E-state index contributed by atoms with van der Waals surface area (Å²) in [5, 5.41) is 3.20. The summed E-state index contributed by atoms with van der Waals surface area (Å²) in [5.74, 6) is 1.62. The Labute approximate surface area is 163 Å². The topological polar surface area (TPSA) is 102 Å². The number of ether oxygens (including phenoxy) is 1. The lowest BCUT2D eigenvalue weighted by molar-refractivity contribution is 0.311. The van der Waals surface area contributed by atoms with E-state index in [0.29, 0.717) is 29.5 Å². The second-order valence-corrected chi connectivity index (χ2v) is 6.57. The van der Waals surface area contributed by atoms with Crippen LogP contribution in [-0.4, -0.2) is 26.5 Å². The van der Waals surface area contributed by atoms with Crippen molar-refractivity contribution in [2.75, 3.05) is 17.7 Å². The predicted octanol–water partition coefficient (Wildman–Crippen LogP) is 4.00. The normalized spacial score (nSPS) is 10.9. The summed E-state index contributed by atoms with van der Waals surface area (Å²) >= 11 is 0. The Morgan fingerprint density at radius 2 is 1.96 bits per heavy atom. The Hall–Kier alpha value is -3.61. The third-order valence-electron chi connectivity index (χ3n) is 4.48. The summed E-state index contributed by atoms with van der Waals surface area (Å²) in [7, 11) is 0. The number of fused-ring (bicyclic) bond motifs is 1. The Balaban J connectivity index is 1.37. The van der Waals surface area contributed by atoms with Crippen LogP contribution in [0.15, 0.2) is 54.9 Å². The molecule has 28 heavy (non-hydrogen) atoms. The number of rotatable bonds is 7. The van der Waals surface area contributed by atoms with Gasteiger partial charge in [0.1, 0.15) is 11.3 Å². The number of benzene rings is 2. The average Bonchev–Trinajstić information content (AvgIpc) is 3.17.